The van der Waals surface area contributed by atoms with Crippen molar-refractivity contribution in [3.05, 3.63) is 23.2 Å². The second-order valence-corrected chi connectivity index (χ2v) is 4.11. The molecule has 1 heterocycles. The maximum atomic E-state index is 11.5. The maximum absolute atomic E-state index is 11.5. The van der Waals surface area contributed by atoms with Crippen LogP contribution in [0.25, 0.3) is 0 Å². The van der Waals surface area contributed by atoms with Crippen LogP contribution in [-0.4, -0.2) is 32.6 Å². The van der Waals surface area contributed by atoms with Crippen molar-refractivity contribution in [2.45, 2.75) is 0 Å². The van der Waals surface area contributed by atoms with Gasteiger partial charge in [-0.3, -0.25) is 4.79 Å². The van der Waals surface area contributed by atoms with E-state index < -0.39 is 0 Å². The Hall–Kier alpha value is -1.26. The minimum Gasteiger partial charge on any atom is -0.359 e. The number of anilines is 2. The summed E-state index contributed by atoms with van der Waals surface area (Å²) in [4.78, 5) is 13.5. The largest absolute Gasteiger partial charge is 0.359 e. The number of carbonyl (C=O) groups excluding carboxylic acids is 1. The third kappa shape index (κ3) is 2.13. The van der Waals surface area contributed by atoms with Crippen molar-refractivity contribution < 1.29 is 4.79 Å². The summed E-state index contributed by atoms with van der Waals surface area (Å²) in [6.07, 6.45) is 0. The van der Waals surface area contributed by atoms with E-state index in [9.17, 15) is 4.79 Å². The minimum atomic E-state index is -0.0169. The van der Waals surface area contributed by atoms with Crippen LogP contribution in [0.15, 0.2) is 18.2 Å². The molecule has 1 aromatic carbocycles. The summed E-state index contributed by atoms with van der Waals surface area (Å²) < 4.78 is 0. The Balaban J connectivity index is 2.30. The number of likely N-dealkylation sites (N-methyl/N-ethyl adjacent to an activating group) is 1. The Labute approximate surface area is 99.6 Å². The summed E-state index contributed by atoms with van der Waals surface area (Å²) >= 11 is 6.05. The van der Waals surface area contributed by atoms with E-state index in [1.807, 2.05) is 24.1 Å². The van der Waals surface area contributed by atoms with Crippen LogP contribution in [0.1, 0.15) is 0 Å². The predicted molar refractivity (Wildman–Crippen MR) is 66.2 cm³/mol. The third-order valence-electron chi connectivity index (χ3n) is 2.56. The molecule has 1 amide bonds. The van der Waals surface area contributed by atoms with Crippen molar-refractivity contribution in [2.24, 2.45) is 0 Å². The minimum absolute atomic E-state index is 0.0169. The number of para-hydroxylation sites is 1. The highest BCUT2D eigenvalue weighted by atomic mass is 35.5. The van der Waals surface area contributed by atoms with Crippen molar-refractivity contribution in [3.63, 3.8) is 0 Å². The molecule has 2 rings (SSSR count). The number of nitrogens with one attached hydrogen (secondary N) is 2. The van der Waals surface area contributed by atoms with Crippen LogP contribution in [0.4, 0.5) is 11.4 Å². The monoisotopic (exact) mass is 239 g/mol. The lowest BCUT2D eigenvalue weighted by Gasteiger charge is -2.31. The highest BCUT2D eigenvalue weighted by molar-refractivity contribution is 6.34. The molecule has 0 atom stereocenters. The third-order valence-corrected chi connectivity index (χ3v) is 2.88. The first-order valence-corrected chi connectivity index (χ1v) is 5.58. The van der Waals surface area contributed by atoms with Gasteiger partial charge in [0, 0.05) is 13.1 Å². The van der Waals surface area contributed by atoms with Crippen LogP contribution in [0.2, 0.25) is 5.02 Å². The van der Waals surface area contributed by atoms with E-state index >= 15 is 0 Å². The van der Waals surface area contributed by atoms with Gasteiger partial charge in [0.05, 0.1) is 22.9 Å². The highest BCUT2D eigenvalue weighted by Crippen LogP contribution is 2.35. The number of rotatable bonds is 3. The quantitative estimate of drug-likeness (QED) is 0.836. The molecule has 1 aliphatic rings. The molecule has 0 saturated carbocycles. The number of carbonyl (C=O) groups is 1. The first-order chi connectivity index (χ1) is 7.72. The standard InChI is InChI=1S/C11H14ClN3O/c1-13-5-6-15-7-10(16)14-11-8(12)3-2-4-9(11)15/h2-4,13H,5-7H2,1H3,(H,14,16). The first kappa shape index (κ1) is 11.2. The van der Waals surface area contributed by atoms with E-state index in [0.717, 1.165) is 24.5 Å². The van der Waals surface area contributed by atoms with Gasteiger partial charge in [-0.15, -0.1) is 0 Å². The molecule has 0 unspecified atom stereocenters. The summed E-state index contributed by atoms with van der Waals surface area (Å²) in [6.45, 7) is 2.01. The lowest BCUT2D eigenvalue weighted by Crippen LogP contribution is -2.41. The molecule has 0 spiro atoms. The summed E-state index contributed by atoms with van der Waals surface area (Å²) in [6, 6.07) is 5.64. The van der Waals surface area contributed by atoms with Gasteiger partial charge < -0.3 is 15.5 Å². The van der Waals surface area contributed by atoms with Crippen molar-refractivity contribution in [1.82, 2.24) is 5.32 Å². The lowest BCUT2D eigenvalue weighted by molar-refractivity contribution is -0.115. The van der Waals surface area contributed by atoms with Gasteiger partial charge in [-0.05, 0) is 19.2 Å². The van der Waals surface area contributed by atoms with Crippen molar-refractivity contribution in [2.75, 3.05) is 36.9 Å². The zero-order valence-electron chi connectivity index (χ0n) is 9.09. The maximum Gasteiger partial charge on any atom is 0.243 e. The van der Waals surface area contributed by atoms with E-state index in [1.54, 1.807) is 6.07 Å². The van der Waals surface area contributed by atoms with Gasteiger partial charge in [-0.25, -0.2) is 0 Å². The zero-order valence-corrected chi connectivity index (χ0v) is 9.84. The first-order valence-electron chi connectivity index (χ1n) is 5.20. The van der Waals surface area contributed by atoms with Gasteiger partial charge in [0.25, 0.3) is 0 Å². The van der Waals surface area contributed by atoms with E-state index in [2.05, 4.69) is 10.6 Å². The van der Waals surface area contributed by atoms with Crippen LogP contribution >= 0.6 is 11.6 Å². The second-order valence-electron chi connectivity index (χ2n) is 3.71. The van der Waals surface area contributed by atoms with Crippen molar-refractivity contribution in [3.8, 4) is 0 Å². The highest BCUT2D eigenvalue weighted by Gasteiger charge is 2.22. The molecule has 0 bridgehead atoms. The number of hydrogen-bond donors (Lipinski definition) is 2. The van der Waals surface area contributed by atoms with Crippen LogP contribution in [-0.2, 0) is 4.79 Å². The fourth-order valence-corrected chi connectivity index (χ4v) is 2.00. The van der Waals surface area contributed by atoms with Crippen molar-refractivity contribution in [1.29, 1.82) is 0 Å². The van der Waals surface area contributed by atoms with Crippen LogP contribution < -0.4 is 15.5 Å². The van der Waals surface area contributed by atoms with Gasteiger partial charge in [-0.1, -0.05) is 17.7 Å². The number of benzene rings is 1. The van der Waals surface area contributed by atoms with Gasteiger partial charge in [0.15, 0.2) is 0 Å². The molecule has 0 radical (unpaired) electrons. The molecule has 4 nitrogen and oxygen atoms in total. The number of amides is 1. The molecular weight excluding hydrogens is 226 g/mol. The molecular formula is C11H14ClN3O. The Kier molecular flexibility index (Phi) is 3.31. The molecule has 0 saturated heterocycles. The van der Waals surface area contributed by atoms with E-state index in [1.165, 1.54) is 0 Å². The van der Waals surface area contributed by atoms with Crippen molar-refractivity contribution >= 4 is 28.9 Å². The summed E-state index contributed by atoms with van der Waals surface area (Å²) in [5.74, 6) is -0.0169. The Morgan fingerprint density at radius 1 is 1.56 bits per heavy atom. The van der Waals surface area contributed by atoms with E-state index in [4.69, 9.17) is 11.6 Å². The normalized spacial score (nSPS) is 14.6. The van der Waals surface area contributed by atoms with Gasteiger partial charge >= 0.3 is 0 Å². The van der Waals surface area contributed by atoms with Gasteiger partial charge in [0.1, 0.15) is 0 Å². The van der Waals surface area contributed by atoms with E-state index in [0.29, 0.717) is 11.6 Å². The number of hydrogen-bond acceptors (Lipinski definition) is 3. The van der Waals surface area contributed by atoms with Gasteiger partial charge in [-0.2, -0.15) is 0 Å². The smallest absolute Gasteiger partial charge is 0.243 e. The molecule has 5 heteroatoms. The topological polar surface area (TPSA) is 44.4 Å². The van der Waals surface area contributed by atoms with Crippen LogP contribution in [0.5, 0.6) is 0 Å². The molecule has 86 valence electrons. The fourth-order valence-electron chi connectivity index (χ4n) is 1.78. The molecule has 0 aliphatic carbocycles. The molecule has 0 fully saturated rings. The van der Waals surface area contributed by atoms with Gasteiger partial charge in [0.2, 0.25) is 5.91 Å². The van der Waals surface area contributed by atoms with Crippen LogP contribution in [0.3, 0.4) is 0 Å². The Bertz CT molecular complexity index is 408. The predicted octanol–water partition coefficient (Wildman–Crippen LogP) is 1.32. The Morgan fingerprint density at radius 2 is 2.38 bits per heavy atom. The number of halogens is 1. The average Bonchev–Trinajstić information content (AvgIpc) is 2.27. The molecule has 16 heavy (non-hydrogen) atoms. The molecule has 0 aromatic heterocycles. The Morgan fingerprint density at radius 3 is 3.12 bits per heavy atom. The number of nitrogens with zero attached hydrogens (tertiary/aromatic N) is 1. The summed E-state index contributed by atoms with van der Waals surface area (Å²) in [5, 5.41) is 6.45. The van der Waals surface area contributed by atoms with E-state index in [-0.39, 0.29) is 5.91 Å². The molecule has 2 N–H and O–H groups in total. The molecule has 1 aromatic rings. The SMILES string of the molecule is CNCCN1CC(=O)Nc2c(Cl)cccc21. The lowest BCUT2D eigenvalue weighted by atomic mass is 10.2. The molecule has 1 aliphatic heterocycles. The fraction of sp³-hybridized carbons (Fsp3) is 0.364. The zero-order chi connectivity index (χ0) is 11.5. The van der Waals surface area contributed by atoms with Crippen LogP contribution in [0, 0.1) is 0 Å². The summed E-state index contributed by atoms with van der Waals surface area (Å²) in [5.41, 5.74) is 1.71. The average molecular weight is 240 g/mol. The second kappa shape index (κ2) is 4.72. The summed E-state index contributed by atoms with van der Waals surface area (Å²) in [7, 11) is 1.89. The number of fused-ring (bicyclic) bond motifs is 1.